The standard InChI is InChI=1S/C21H18ClFN4O2/c1-11-16(9-20(28)29)12(2)27(26-11)10-14-4-3-13(7-17(14)23)21-24-18-6-5-15(22)8-19(18)25-21/h3-8H,9-10H2,1-2H3,(H,24,25)(H,28,29). The lowest BCUT2D eigenvalue weighted by Crippen LogP contribution is -2.07. The van der Waals surface area contributed by atoms with Crippen molar-refractivity contribution < 1.29 is 14.3 Å². The van der Waals surface area contributed by atoms with Crippen molar-refractivity contribution in [2.24, 2.45) is 0 Å². The van der Waals surface area contributed by atoms with Gasteiger partial charge in [-0.25, -0.2) is 9.37 Å². The highest BCUT2D eigenvalue weighted by molar-refractivity contribution is 6.31. The highest BCUT2D eigenvalue weighted by Crippen LogP contribution is 2.25. The number of imidazole rings is 1. The van der Waals surface area contributed by atoms with Crippen LogP contribution in [0.4, 0.5) is 4.39 Å². The van der Waals surface area contributed by atoms with E-state index in [1.54, 1.807) is 48.9 Å². The summed E-state index contributed by atoms with van der Waals surface area (Å²) in [6.45, 7) is 3.77. The fourth-order valence-electron chi connectivity index (χ4n) is 3.40. The van der Waals surface area contributed by atoms with E-state index in [2.05, 4.69) is 15.1 Å². The maximum absolute atomic E-state index is 14.8. The number of carboxylic acid groups (broad SMARTS) is 1. The first-order valence-electron chi connectivity index (χ1n) is 9.00. The number of fused-ring (bicyclic) bond motifs is 1. The molecule has 2 N–H and O–H groups in total. The van der Waals surface area contributed by atoms with Gasteiger partial charge in [0, 0.05) is 27.4 Å². The van der Waals surface area contributed by atoms with Gasteiger partial charge in [-0.3, -0.25) is 9.48 Å². The number of carboxylic acids is 1. The summed E-state index contributed by atoms with van der Waals surface area (Å²) in [5.41, 5.74) is 4.65. The molecule has 0 saturated heterocycles. The average molecular weight is 413 g/mol. The van der Waals surface area contributed by atoms with E-state index in [1.165, 1.54) is 6.07 Å². The number of aryl methyl sites for hydroxylation is 1. The molecule has 29 heavy (non-hydrogen) atoms. The van der Waals surface area contributed by atoms with Crippen molar-refractivity contribution in [2.45, 2.75) is 26.8 Å². The van der Waals surface area contributed by atoms with Crippen LogP contribution in [-0.4, -0.2) is 30.8 Å². The van der Waals surface area contributed by atoms with Gasteiger partial charge in [0.2, 0.25) is 0 Å². The average Bonchev–Trinajstić information content (AvgIpc) is 3.19. The fraction of sp³-hybridized carbons (Fsp3) is 0.190. The van der Waals surface area contributed by atoms with Gasteiger partial charge in [0.15, 0.2) is 0 Å². The number of benzene rings is 2. The second kappa shape index (κ2) is 7.33. The van der Waals surface area contributed by atoms with Crippen LogP contribution in [0.2, 0.25) is 5.02 Å². The number of carbonyl (C=O) groups is 1. The number of nitrogens with one attached hydrogen (secondary N) is 1. The Hall–Kier alpha value is -3.19. The van der Waals surface area contributed by atoms with Crippen LogP contribution in [0.15, 0.2) is 36.4 Å². The Balaban J connectivity index is 1.63. The third-order valence-electron chi connectivity index (χ3n) is 4.95. The molecule has 0 spiro atoms. The Morgan fingerprint density at radius 2 is 2.03 bits per heavy atom. The van der Waals surface area contributed by atoms with Gasteiger partial charge >= 0.3 is 5.97 Å². The lowest BCUT2D eigenvalue weighted by molar-refractivity contribution is -0.136. The quantitative estimate of drug-likeness (QED) is 0.505. The predicted molar refractivity (Wildman–Crippen MR) is 109 cm³/mol. The van der Waals surface area contributed by atoms with Crippen molar-refractivity contribution >= 4 is 28.6 Å². The molecule has 0 aliphatic carbocycles. The first-order valence-corrected chi connectivity index (χ1v) is 9.38. The molecule has 0 bridgehead atoms. The van der Waals surface area contributed by atoms with Gasteiger partial charge in [0.1, 0.15) is 11.6 Å². The van der Waals surface area contributed by atoms with Crippen LogP contribution in [0.3, 0.4) is 0 Å². The number of H-pyrrole nitrogens is 1. The summed E-state index contributed by atoms with van der Waals surface area (Å²) in [6.07, 6.45) is -0.102. The number of halogens is 2. The SMILES string of the molecule is Cc1nn(Cc2ccc(-c3nc4ccc(Cl)cc4[nH]3)cc2F)c(C)c1CC(=O)O. The number of aromatic nitrogens is 4. The molecule has 2 aromatic heterocycles. The van der Waals surface area contributed by atoms with Crippen LogP contribution >= 0.6 is 11.6 Å². The van der Waals surface area contributed by atoms with Gasteiger partial charge < -0.3 is 10.1 Å². The molecule has 8 heteroatoms. The molecular formula is C21H18ClFN4O2. The molecule has 0 radical (unpaired) electrons. The van der Waals surface area contributed by atoms with E-state index < -0.39 is 5.97 Å². The lowest BCUT2D eigenvalue weighted by atomic mass is 10.1. The van der Waals surface area contributed by atoms with Crippen molar-refractivity contribution in [3.05, 3.63) is 69.8 Å². The molecule has 148 valence electrons. The first kappa shape index (κ1) is 19.1. The Morgan fingerprint density at radius 3 is 2.76 bits per heavy atom. The highest BCUT2D eigenvalue weighted by atomic mass is 35.5. The Labute approximate surface area is 171 Å². The Kier molecular flexibility index (Phi) is 4.84. The molecule has 0 atom stereocenters. The van der Waals surface area contributed by atoms with Crippen molar-refractivity contribution in [1.29, 1.82) is 0 Å². The number of hydrogen-bond acceptors (Lipinski definition) is 3. The summed E-state index contributed by atoms with van der Waals surface area (Å²) in [6, 6.07) is 10.2. The van der Waals surface area contributed by atoms with E-state index in [-0.39, 0.29) is 18.8 Å². The van der Waals surface area contributed by atoms with Crippen LogP contribution < -0.4 is 0 Å². The van der Waals surface area contributed by atoms with Crippen molar-refractivity contribution in [3.63, 3.8) is 0 Å². The normalized spacial score (nSPS) is 11.3. The molecular weight excluding hydrogens is 395 g/mol. The molecule has 4 aromatic rings. The second-order valence-corrected chi connectivity index (χ2v) is 7.37. The molecule has 0 saturated carbocycles. The topological polar surface area (TPSA) is 83.8 Å². The largest absolute Gasteiger partial charge is 0.481 e. The summed E-state index contributed by atoms with van der Waals surface area (Å²) < 4.78 is 16.4. The van der Waals surface area contributed by atoms with Crippen LogP contribution in [0.5, 0.6) is 0 Å². The molecule has 4 rings (SSSR count). The minimum absolute atomic E-state index is 0.102. The van der Waals surface area contributed by atoms with Gasteiger partial charge in [0.05, 0.1) is 29.7 Å². The van der Waals surface area contributed by atoms with E-state index in [1.807, 2.05) is 0 Å². The van der Waals surface area contributed by atoms with Crippen molar-refractivity contribution in [2.75, 3.05) is 0 Å². The molecule has 2 heterocycles. The minimum atomic E-state index is -0.918. The third kappa shape index (κ3) is 3.73. The van der Waals surface area contributed by atoms with Crippen molar-refractivity contribution in [1.82, 2.24) is 19.7 Å². The number of aromatic amines is 1. The molecule has 0 amide bonds. The summed E-state index contributed by atoms with van der Waals surface area (Å²) in [5.74, 6) is -0.741. The van der Waals surface area contributed by atoms with Crippen LogP contribution in [0.25, 0.3) is 22.4 Å². The lowest BCUT2D eigenvalue weighted by Gasteiger charge is -2.08. The number of rotatable bonds is 5. The zero-order valence-corrected chi connectivity index (χ0v) is 16.6. The van der Waals surface area contributed by atoms with E-state index >= 15 is 0 Å². The summed E-state index contributed by atoms with van der Waals surface area (Å²) in [7, 11) is 0. The smallest absolute Gasteiger partial charge is 0.307 e. The summed E-state index contributed by atoms with van der Waals surface area (Å²) in [4.78, 5) is 18.7. The summed E-state index contributed by atoms with van der Waals surface area (Å²) in [5, 5.41) is 14.0. The third-order valence-corrected chi connectivity index (χ3v) is 5.18. The van der Waals surface area contributed by atoms with Crippen LogP contribution in [0.1, 0.15) is 22.5 Å². The number of hydrogen-bond donors (Lipinski definition) is 2. The van der Waals surface area contributed by atoms with Gasteiger partial charge in [-0.15, -0.1) is 0 Å². The number of aliphatic carboxylic acids is 1. The van der Waals surface area contributed by atoms with Crippen molar-refractivity contribution in [3.8, 4) is 11.4 Å². The van der Waals surface area contributed by atoms with Crippen LogP contribution in [0, 0.1) is 19.7 Å². The van der Waals surface area contributed by atoms with Gasteiger partial charge in [0.25, 0.3) is 0 Å². The molecule has 0 fully saturated rings. The fourth-order valence-corrected chi connectivity index (χ4v) is 3.57. The maximum atomic E-state index is 14.8. The zero-order chi connectivity index (χ0) is 20.7. The summed E-state index contributed by atoms with van der Waals surface area (Å²) >= 11 is 6.00. The number of nitrogens with zero attached hydrogens (tertiary/aromatic N) is 3. The second-order valence-electron chi connectivity index (χ2n) is 6.93. The molecule has 0 aliphatic heterocycles. The molecule has 2 aromatic carbocycles. The van der Waals surface area contributed by atoms with Gasteiger partial charge in [-0.05, 0) is 38.1 Å². The van der Waals surface area contributed by atoms with Crippen LogP contribution in [-0.2, 0) is 17.8 Å². The van der Waals surface area contributed by atoms with Gasteiger partial charge in [-0.1, -0.05) is 23.7 Å². The first-order chi connectivity index (χ1) is 13.8. The van der Waals surface area contributed by atoms with Gasteiger partial charge in [-0.2, -0.15) is 5.10 Å². The molecule has 0 unspecified atom stereocenters. The molecule has 6 nitrogen and oxygen atoms in total. The monoisotopic (exact) mass is 412 g/mol. The molecule has 0 aliphatic rings. The Bertz CT molecular complexity index is 1250. The van der Waals surface area contributed by atoms with E-state index in [0.717, 1.165) is 16.7 Å². The zero-order valence-electron chi connectivity index (χ0n) is 15.8. The highest BCUT2D eigenvalue weighted by Gasteiger charge is 2.16. The van der Waals surface area contributed by atoms with E-state index in [0.29, 0.717) is 33.2 Å². The maximum Gasteiger partial charge on any atom is 0.307 e. The van der Waals surface area contributed by atoms with E-state index in [9.17, 15) is 9.18 Å². The van der Waals surface area contributed by atoms with E-state index in [4.69, 9.17) is 16.7 Å². The minimum Gasteiger partial charge on any atom is -0.481 e. The predicted octanol–water partition coefficient (Wildman–Crippen LogP) is 4.51. The Morgan fingerprint density at radius 1 is 1.24 bits per heavy atom.